The Morgan fingerprint density at radius 1 is 0.824 bits per heavy atom. The molecule has 1 aromatic carbocycles. The smallest absolute Gasteiger partial charge is 0.132 e. The molecule has 0 heterocycles. The molecule has 0 radical (unpaired) electrons. The summed E-state index contributed by atoms with van der Waals surface area (Å²) in [5.74, 6) is 0. The molecule has 1 aromatic rings. The lowest BCUT2D eigenvalue weighted by Crippen LogP contribution is -2.47. The van der Waals surface area contributed by atoms with Gasteiger partial charge in [-0.15, -0.1) is 14.5 Å². The van der Waals surface area contributed by atoms with Gasteiger partial charge in [0.2, 0.25) is 6.54 Å². The van der Waals surface area contributed by atoms with Crippen LogP contribution in [0, 0.1) is 0 Å². The quantitative estimate of drug-likeness (QED) is 0.516. The van der Waals surface area contributed by atoms with E-state index in [1.165, 1.54) is 0 Å². The van der Waals surface area contributed by atoms with Gasteiger partial charge >= 0.3 is 0 Å². The second kappa shape index (κ2) is 7.40. The van der Waals surface area contributed by atoms with Gasteiger partial charge in [-0.1, -0.05) is 30.3 Å². The molecular weight excluding hydrogens is 218 g/mol. The Hall–Kier alpha value is -0.940. The average Bonchev–Trinajstić information content (AvgIpc) is 2.31. The van der Waals surface area contributed by atoms with Gasteiger partial charge in [-0.3, -0.25) is 0 Å². The standard InChI is InChI=1S/C13H22NO3/c1-4-15-14(16-5-2,17-6-3)12-13-10-8-7-9-11-13/h7-11H,4-6,12H2,1-3H3/q+1. The van der Waals surface area contributed by atoms with Gasteiger partial charge in [0.05, 0.1) is 4.97 Å². The van der Waals surface area contributed by atoms with Crippen molar-refractivity contribution in [2.75, 3.05) is 19.8 Å². The number of hydroxylamine groups is 3. The molecule has 0 aliphatic heterocycles. The van der Waals surface area contributed by atoms with Crippen molar-refractivity contribution in [1.29, 1.82) is 0 Å². The molecule has 0 unspecified atom stereocenters. The van der Waals surface area contributed by atoms with Crippen LogP contribution in [0.25, 0.3) is 0 Å². The van der Waals surface area contributed by atoms with Crippen molar-refractivity contribution < 1.29 is 19.5 Å². The highest BCUT2D eigenvalue weighted by Gasteiger charge is 2.34. The number of hydrogen-bond donors (Lipinski definition) is 0. The van der Waals surface area contributed by atoms with Crippen molar-refractivity contribution in [3.8, 4) is 0 Å². The third-order valence-electron chi connectivity index (χ3n) is 2.20. The van der Waals surface area contributed by atoms with Crippen LogP contribution < -0.4 is 0 Å². The zero-order chi connectivity index (χ0) is 12.6. The van der Waals surface area contributed by atoms with Gasteiger partial charge < -0.3 is 0 Å². The van der Waals surface area contributed by atoms with Gasteiger partial charge in [0, 0.05) is 5.56 Å². The van der Waals surface area contributed by atoms with E-state index in [0.717, 1.165) is 5.56 Å². The minimum Gasteiger partial charge on any atom is -0.132 e. The fourth-order valence-corrected chi connectivity index (χ4v) is 1.65. The molecule has 96 valence electrons. The monoisotopic (exact) mass is 240 g/mol. The van der Waals surface area contributed by atoms with E-state index in [4.69, 9.17) is 14.5 Å². The first-order chi connectivity index (χ1) is 8.26. The van der Waals surface area contributed by atoms with E-state index in [1.54, 1.807) is 0 Å². The van der Waals surface area contributed by atoms with E-state index in [-0.39, 0.29) is 4.97 Å². The van der Waals surface area contributed by atoms with Crippen molar-refractivity contribution >= 4 is 0 Å². The normalized spacial score (nSPS) is 11.7. The first-order valence-corrected chi connectivity index (χ1v) is 6.12. The first kappa shape index (κ1) is 14.1. The van der Waals surface area contributed by atoms with Crippen molar-refractivity contribution in [3.05, 3.63) is 35.9 Å². The summed E-state index contributed by atoms with van der Waals surface area (Å²) in [5, 5.41) is 0. The van der Waals surface area contributed by atoms with Crippen LogP contribution in [0.15, 0.2) is 30.3 Å². The molecule has 1 rings (SSSR count). The van der Waals surface area contributed by atoms with Crippen LogP contribution >= 0.6 is 0 Å². The predicted octanol–water partition coefficient (Wildman–Crippen LogP) is 2.86. The van der Waals surface area contributed by atoms with Crippen LogP contribution in [-0.4, -0.2) is 24.8 Å². The maximum absolute atomic E-state index is 5.61. The molecule has 0 amide bonds. The molecule has 0 aromatic heterocycles. The Morgan fingerprint density at radius 3 is 1.71 bits per heavy atom. The molecule has 4 nitrogen and oxygen atoms in total. The lowest BCUT2D eigenvalue weighted by molar-refractivity contribution is -1.37. The summed E-state index contributed by atoms with van der Waals surface area (Å²) in [6.45, 7) is 7.92. The Kier molecular flexibility index (Phi) is 6.15. The van der Waals surface area contributed by atoms with E-state index < -0.39 is 0 Å². The number of hydrogen-bond acceptors (Lipinski definition) is 3. The van der Waals surface area contributed by atoms with Crippen LogP contribution in [0.2, 0.25) is 0 Å². The predicted molar refractivity (Wildman–Crippen MR) is 65.3 cm³/mol. The van der Waals surface area contributed by atoms with Gasteiger partial charge in [0.1, 0.15) is 19.8 Å². The molecule has 0 fully saturated rings. The Labute approximate surface area is 103 Å². The molecule has 4 heteroatoms. The fourth-order valence-electron chi connectivity index (χ4n) is 1.65. The minimum absolute atomic E-state index is 0.229. The third-order valence-corrected chi connectivity index (χ3v) is 2.20. The van der Waals surface area contributed by atoms with E-state index in [2.05, 4.69) is 0 Å². The Morgan fingerprint density at radius 2 is 1.29 bits per heavy atom. The number of benzene rings is 1. The van der Waals surface area contributed by atoms with Crippen LogP contribution in [0.1, 0.15) is 26.3 Å². The highest BCUT2D eigenvalue weighted by atomic mass is 17.2. The Bertz CT molecular complexity index is 286. The summed E-state index contributed by atoms with van der Waals surface area (Å²) in [6.07, 6.45) is 0. The molecular formula is C13H22NO3+. The molecule has 0 spiro atoms. The summed E-state index contributed by atoms with van der Waals surface area (Å²) >= 11 is 0. The van der Waals surface area contributed by atoms with E-state index in [0.29, 0.717) is 26.4 Å². The maximum atomic E-state index is 5.61. The third kappa shape index (κ3) is 4.44. The van der Waals surface area contributed by atoms with Crippen LogP contribution in [0.5, 0.6) is 0 Å². The minimum atomic E-state index is -0.229. The highest BCUT2D eigenvalue weighted by Crippen LogP contribution is 2.18. The second-order valence-corrected chi connectivity index (χ2v) is 3.51. The molecule has 0 saturated carbocycles. The zero-order valence-corrected chi connectivity index (χ0v) is 10.9. The van der Waals surface area contributed by atoms with E-state index in [1.807, 2.05) is 51.1 Å². The number of rotatable bonds is 8. The van der Waals surface area contributed by atoms with E-state index >= 15 is 0 Å². The lowest BCUT2D eigenvalue weighted by Gasteiger charge is -2.28. The molecule has 0 atom stereocenters. The molecule has 0 bridgehead atoms. The molecule has 0 saturated heterocycles. The van der Waals surface area contributed by atoms with Crippen molar-refractivity contribution in [2.45, 2.75) is 27.3 Å². The van der Waals surface area contributed by atoms with Gasteiger partial charge in [0.15, 0.2) is 0 Å². The summed E-state index contributed by atoms with van der Waals surface area (Å²) in [6, 6.07) is 10.0. The second-order valence-electron chi connectivity index (χ2n) is 3.51. The maximum Gasteiger partial charge on any atom is 0.203 e. The number of nitrogens with zero attached hydrogens (tertiary/aromatic N) is 1. The molecule has 0 N–H and O–H groups in total. The summed E-state index contributed by atoms with van der Waals surface area (Å²) in [4.78, 5) is 16.6. The summed E-state index contributed by atoms with van der Waals surface area (Å²) < 4.78 is 0. The van der Waals surface area contributed by atoms with Crippen LogP contribution in [0.4, 0.5) is 0 Å². The number of quaternary nitrogens is 1. The van der Waals surface area contributed by atoms with Crippen molar-refractivity contribution in [1.82, 2.24) is 0 Å². The first-order valence-electron chi connectivity index (χ1n) is 6.12. The van der Waals surface area contributed by atoms with Crippen LogP contribution in [0.3, 0.4) is 0 Å². The topological polar surface area (TPSA) is 27.7 Å². The fraction of sp³-hybridized carbons (Fsp3) is 0.538. The van der Waals surface area contributed by atoms with Gasteiger partial charge in [-0.2, -0.15) is 0 Å². The average molecular weight is 240 g/mol. The largest absolute Gasteiger partial charge is 0.203 e. The molecule has 0 aliphatic carbocycles. The van der Waals surface area contributed by atoms with E-state index in [9.17, 15) is 0 Å². The summed E-state index contributed by atoms with van der Waals surface area (Å²) in [7, 11) is 0. The van der Waals surface area contributed by atoms with Gasteiger partial charge in [0.25, 0.3) is 0 Å². The van der Waals surface area contributed by atoms with Crippen LogP contribution in [-0.2, 0) is 21.1 Å². The van der Waals surface area contributed by atoms with Crippen molar-refractivity contribution in [3.63, 3.8) is 0 Å². The Balaban J connectivity index is 2.80. The highest BCUT2D eigenvalue weighted by molar-refractivity contribution is 5.13. The van der Waals surface area contributed by atoms with Gasteiger partial charge in [-0.25, -0.2) is 0 Å². The SMILES string of the molecule is CCO[N+](Cc1ccccc1)(OCC)OCC. The van der Waals surface area contributed by atoms with Crippen molar-refractivity contribution in [2.24, 2.45) is 0 Å². The van der Waals surface area contributed by atoms with Gasteiger partial charge in [-0.05, 0) is 20.8 Å². The molecule has 17 heavy (non-hydrogen) atoms. The molecule has 0 aliphatic rings. The zero-order valence-electron chi connectivity index (χ0n) is 10.9. The summed E-state index contributed by atoms with van der Waals surface area (Å²) in [5.41, 5.74) is 1.11. The lowest BCUT2D eigenvalue weighted by atomic mass is 10.2.